The molecule has 3 nitrogen and oxygen atoms in total. The van der Waals surface area contributed by atoms with Crippen molar-refractivity contribution in [3.05, 3.63) is 33.4 Å². The minimum atomic E-state index is -0.311. The van der Waals surface area contributed by atoms with E-state index in [1.807, 2.05) is 6.92 Å². The lowest BCUT2D eigenvalue weighted by Gasteiger charge is -2.18. The summed E-state index contributed by atoms with van der Waals surface area (Å²) < 4.78 is 6.39. The summed E-state index contributed by atoms with van der Waals surface area (Å²) in [4.78, 5) is 4.29. The van der Waals surface area contributed by atoms with Crippen molar-refractivity contribution in [2.75, 3.05) is 6.61 Å². The van der Waals surface area contributed by atoms with E-state index >= 15 is 0 Å². The molecule has 1 aliphatic heterocycles. The Hall–Kier alpha value is -0.780. The summed E-state index contributed by atoms with van der Waals surface area (Å²) in [5.74, 6) is 0. The molecule has 14 heavy (non-hydrogen) atoms. The van der Waals surface area contributed by atoms with Crippen molar-refractivity contribution in [1.29, 1.82) is 0 Å². The smallest absolute Gasteiger partial charge is 0.283 e. The average molecular weight is 302 g/mol. The molecule has 0 saturated carbocycles. The maximum absolute atomic E-state index is 5.50. The number of halogens is 1. The van der Waals surface area contributed by atoms with Crippen LogP contribution in [0.25, 0.3) is 0 Å². The molecule has 0 bridgehead atoms. The van der Waals surface area contributed by atoms with Crippen molar-refractivity contribution < 1.29 is 4.74 Å². The van der Waals surface area contributed by atoms with Crippen molar-refractivity contribution in [3.63, 3.8) is 0 Å². The largest absolute Gasteiger partial charge is 0.462 e. The lowest BCUT2D eigenvalue weighted by molar-refractivity contribution is 0.266. The molecule has 1 unspecified atom stereocenters. The van der Waals surface area contributed by atoms with Gasteiger partial charge in [-0.25, -0.2) is 4.99 Å². The molecule has 1 heterocycles. The van der Waals surface area contributed by atoms with Crippen LogP contribution in [0.1, 0.15) is 12.5 Å². The second kappa shape index (κ2) is 3.42. The highest BCUT2D eigenvalue weighted by molar-refractivity contribution is 14.1. The van der Waals surface area contributed by atoms with Gasteiger partial charge in [0.15, 0.2) is 0 Å². The second-order valence-corrected chi connectivity index (χ2v) is 4.77. The predicted molar refractivity (Wildman–Crippen MR) is 64.1 cm³/mol. The van der Waals surface area contributed by atoms with E-state index < -0.39 is 0 Å². The number of benzene rings is 1. The first kappa shape index (κ1) is 9.76. The molecule has 4 heteroatoms. The fourth-order valence-corrected chi connectivity index (χ4v) is 1.84. The number of nitrogens with two attached hydrogens (primary N) is 1. The summed E-state index contributed by atoms with van der Waals surface area (Å²) in [7, 11) is 0. The van der Waals surface area contributed by atoms with E-state index in [1.54, 1.807) is 0 Å². The summed E-state index contributed by atoms with van der Waals surface area (Å²) in [6.07, 6.45) is 0. The van der Waals surface area contributed by atoms with E-state index in [1.165, 1.54) is 3.57 Å². The Balaban J connectivity index is 2.35. The quantitative estimate of drug-likeness (QED) is 0.805. The average Bonchev–Trinajstić information content (AvgIpc) is 2.48. The predicted octanol–water partition coefficient (Wildman–Crippen LogP) is 1.85. The molecular weight excluding hydrogens is 291 g/mol. The topological polar surface area (TPSA) is 47.6 Å². The minimum Gasteiger partial charge on any atom is -0.462 e. The minimum absolute atomic E-state index is 0.283. The highest BCUT2D eigenvalue weighted by atomic mass is 127. The molecule has 0 aromatic heterocycles. The van der Waals surface area contributed by atoms with Gasteiger partial charge in [-0.3, -0.25) is 0 Å². The first-order valence-corrected chi connectivity index (χ1v) is 5.42. The Morgan fingerprint density at radius 1 is 1.43 bits per heavy atom. The van der Waals surface area contributed by atoms with Crippen LogP contribution in [0.15, 0.2) is 29.3 Å². The van der Waals surface area contributed by atoms with Gasteiger partial charge >= 0.3 is 0 Å². The van der Waals surface area contributed by atoms with Gasteiger partial charge in [0.2, 0.25) is 0 Å². The highest BCUT2D eigenvalue weighted by Gasteiger charge is 2.32. The van der Waals surface area contributed by atoms with E-state index in [2.05, 4.69) is 51.8 Å². The van der Waals surface area contributed by atoms with Crippen molar-refractivity contribution in [2.45, 2.75) is 12.5 Å². The second-order valence-electron chi connectivity index (χ2n) is 3.52. The molecule has 0 radical (unpaired) electrons. The molecule has 2 N–H and O–H groups in total. The monoisotopic (exact) mass is 302 g/mol. The van der Waals surface area contributed by atoms with Crippen LogP contribution in [-0.2, 0) is 10.3 Å². The summed E-state index contributed by atoms with van der Waals surface area (Å²) in [5, 5.41) is 0. The Morgan fingerprint density at radius 3 is 2.57 bits per heavy atom. The lowest BCUT2D eigenvalue weighted by Crippen LogP contribution is -2.20. The first-order chi connectivity index (χ1) is 6.60. The highest BCUT2D eigenvalue weighted by Crippen LogP contribution is 2.29. The summed E-state index contributed by atoms with van der Waals surface area (Å²) in [6, 6.07) is 8.53. The molecule has 1 aromatic carbocycles. The molecule has 1 aliphatic rings. The van der Waals surface area contributed by atoms with E-state index in [4.69, 9.17) is 10.5 Å². The number of rotatable bonds is 1. The molecule has 1 aromatic rings. The van der Waals surface area contributed by atoms with Crippen LogP contribution in [0, 0.1) is 3.57 Å². The van der Waals surface area contributed by atoms with E-state index in [0.717, 1.165) is 5.56 Å². The zero-order valence-electron chi connectivity index (χ0n) is 7.83. The number of amidine groups is 1. The number of nitrogens with zero attached hydrogens (tertiary/aromatic N) is 1. The molecule has 0 saturated heterocycles. The first-order valence-electron chi connectivity index (χ1n) is 4.34. The molecule has 0 amide bonds. The van der Waals surface area contributed by atoms with Gasteiger partial charge in [-0.15, -0.1) is 0 Å². The van der Waals surface area contributed by atoms with Gasteiger partial charge in [0.25, 0.3) is 6.02 Å². The number of ether oxygens (including phenoxy) is 1. The summed E-state index contributed by atoms with van der Waals surface area (Å²) in [5.41, 5.74) is 6.33. The van der Waals surface area contributed by atoms with E-state index in [9.17, 15) is 0 Å². The van der Waals surface area contributed by atoms with Gasteiger partial charge in [-0.05, 0) is 47.2 Å². The summed E-state index contributed by atoms with van der Waals surface area (Å²) in [6.45, 7) is 2.55. The molecule has 0 fully saturated rings. The molecule has 1 atom stereocenters. The Morgan fingerprint density at radius 2 is 2.07 bits per heavy atom. The molecule has 74 valence electrons. The SMILES string of the molecule is CC1(c2ccc(I)cc2)COC(N)=N1. The molecule has 0 aliphatic carbocycles. The zero-order valence-corrected chi connectivity index (χ0v) is 9.98. The van der Waals surface area contributed by atoms with Crippen LogP contribution in [0.4, 0.5) is 0 Å². The van der Waals surface area contributed by atoms with Crippen LogP contribution in [0.3, 0.4) is 0 Å². The van der Waals surface area contributed by atoms with Crippen LogP contribution in [0.2, 0.25) is 0 Å². The molecular formula is C10H11IN2O. The van der Waals surface area contributed by atoms with Crippen LogP contribution in [-0.4, -0.2) is 12.6 Å². The van der Waals surface area contributed by atoms with Gasteiger partial charge in [0, 0.05) is 3.57 Å². The lowest BCUT2D eigenvalue weighted by atomic mass is 9.94. The standard InChI is InChI=1S/C10H11IN2O/c1-10(6-14-9(12)13-10)7-2-4-8(11)5-3-7/h2-5H,6H2,1H3,(H2,12,13). The summed E-state index contributed by atoms with van der Waals surface area (Å²) >= 11 is 2.28. The Kier molecular flexibility index (Phi) is 2.38. The fraction of sp³-hybridized carbons (Fsp3) is 0.300. The normalized spacial score (nSPS) is 25.7. The third-order valence-electron chi connectivity index (χ3n) is 2.32. The van der Waals surface area contributed by atoms with E-state index in [0.29, 0.717) is 6.61 Å². The van der Waals surface area contributed by atoms with Crippen LogP contribution < -0.4 is 5.73 Å². The van der Waals surface area contributed by atoms with E-state index in [-0.39, 0.29) is 11.6 Å². The van der Waals surface area contributed by atoms with Crippen molar-refractivity contribution in [1.82, 2.24) is 0 Å². The van der Waals surface area contributed by atoms with Crippen molar-refractivity contribution in [2.24, 2.45) is 10.7 Å². The van der Waals surface area contributed by atoms with Gasteiger partial charge in [-0.1, -0.05) is 12.1 Å². The van der Waals surface area contributed by atoms with Crippen LogP contribution in [0.5, 0.6) is 0 Å². The van der Waals surface area contributed by atoms with Gasteiger partial charge < -0.3 is 10.5 Å². The van der Waals surface area contributed by atoms with Gasteiger partial charge in [0.05, 0.1) is 0 Å². The van der Waals surface area contributed by atoms with Gasteiger partial charge in [0.1, 0.15) is 12.1 Å². The third-order valence-corrected chi connectivity index (χ3v) is 3.04. The number of hydrogen-bond acceptors (Lipinski definition) is 3. The maximum atomic E-state index is 5.50. The fourth-order valence-electron chi connectivity index (χ4n) is 1.48. The van der Waals surface area contributed by atoms with Gasteiger partial charge in [-0.2, -0.15) is 0 Å². The maximum Gasteiger partial charge on any atom is 0.283 e. The van der Waals surface area contributed by atoms with Crippen molar-refractivity contribution in [3.8, 4) is 0 Å². The zero-order chi connectivity index (χ0) is 10.2. The number of hydrogen-bond donors (Lipinski definition) is 1. The van der Waals surface area contributed by atoms with Crippen LogP contribution >= 0.6 is 22.6 Å². The molecule has 0 spiro atoms. The third kappa shape index (κ3) is 1.70. The molecule has 2 rings (SSSR count). The Bertz CT molecular complexity index is 374. The number of aliphatic imine (C=N–C) groups is 1. The van der Waals surface area contributed by atoms with Crippen molar-refractivity contribution >= 4 is 28.6 Å². The Labute approximate surface area is 96.5 Å².